The highest BCUT2D eigenvalue weighted by atomic mass is 35.5. The summed E-state index contributed by atoms with van der Waals surface area (Å²) in [5.74, 6) is -1.22. The van der Waals surface area contributed by atoms with Gasteiger partial charge in [-0.25, -0.2) is 4.79 Å². The van der Waals surface area contributed by atoms with E-state index in [0.29, 0.717) is 23.7 Å². The molecule has 0 radical (unpaired) electrons. The largest absolute Gasteiger partial charge is 0.478 e. The minimum Gasteiger partial charge on any atom is -0.478 e. The van der Waals surface area contributed by atoms with Crippen molar-refractivity contribution in [3.05, 3.63) is 28.8 Å². The van der Waals surface area contributed by atoms with Gasteiger partial charge in [0, 0.05) is 23.2 Å². The summed E-state index contributed by atoms with van der Waals surface area (Å²) in [5.41, 5.74) is 0.414. The Hall–Kier alpha value is -1.20. The molecule has 1 atom stereocenters. The van der Waals surface area contributed by atoms with Crippen molar-refractivity contribution in [1.82, 2.24) is 0 Å². The molecule has 0 bridgehead atoms. The van der Waals surface area contributed by atoms with Crippen molar-refractivity contribution in [2.75, 3.05) is 11.4 Å². The van der Waals surface area contributed by atoms with Crippen LogP contribution in [0.15, 0.2) is 18.2 Å². The van der Waals surface area contributed by atoms with E-state index in [9.17, 15) is 9.59 Å². The van der Waals surface area contributed by atoms with Crippen LogP contribution in [0.2, 0.25) is 5.02 Å². The Morgan fingerprint density at radius 1 is 1.53 bits per heavy atom. The van der Waals surface area contributed by atoms with E-state index in [1.165, 1.54) is 11.0 Å². The predicted molar refractivity (Wildman–Crippen MR) is 68.2 cm³/mol. The lowest BCUT2D eigenvalue weighted by Gasteiger charge is -2.18. The van der Waals surface area contributed by atoms with E-state index in [4.69, 9.17) is 16.7 Å². The van der Waals surface area contributed by atoms with Gasteiger partial charge in [-0.3, -0.25) is 4.79 Å². The molecular weight excluding hydrogens is 262 g/mol. The average molecular weight is 272 g/mol. The lowest BCUT2D eigenvalue weighted by atomic mass is 10.1. The third-order valence-corrected chi connectivity index (χ3v) is 3.17. The molecule has 1 saturated heterocycles. The number of carboxylic acids is 1. The van der Waals surface area contributed by atoms with Crippen LogP contribution in [0.5, 0.6) is 0 Å². The summed E-state index contributed by atoms with van der Waals surface area (Å²) in [6.45, 7) is 0.420. The van der Waals surface area contributed by atoms with Gasteiger partial charge < -0.3 is 10.0 Å². The third-order valence-electron chi connectivity index (χ3n) is 2.58. The Balaban J connectivity index is 2.45. The van der Waals surface area contributed by atoms with E-state index < -0.39 is 5.97 Å². The van der Waals surface area contributed by atoms with Crippen molar-refractivity contribution in [1.29, 1.82) is 0 Å². The minimum atomic E-state index is -1.10. The Morgan fingerprint density at radius 2 is 2.24 bits per heavy atom. The summed E-state index contributed by atoms with van der Waals surface area (Å²) in [5, 5.41) is 9.36. The van der Waals surface area contributed by atoms with E-state index in [-0.39, 0.29) is 16.7 Å². The zero-order valence-corrected chi connectivity index (χ0v) is 10.4. The van der Waals surface area contributed by atoms with Crippen LogP contribution in [0.4, 0.5) is 5.69 Å². The molecule has 1 N–H and O–H groups in total. The summed E-state index contributed by atoms with van der Waals surface area (Å²) >= 11 is 9.98. The van der Waals surface area contributed by atoms with Gasteiger partial charge in [0.2, 0.25) is 5.91 Å². The van der Waals surface area contributed by atoms with Gasteiger partial charge in [-0.15, -0.1) is 0 Å². The summed E-state index contributed by atoms with van der Waals surface area (Å²) < 4.78 is 0. The van der Waals surface area contributed by atoms with Crippen LogP contribution in [0.25, 0.3) is 0 Å². The molecular formula is C11H10ClNO3S. The minimum absolute atomic E-state index is 0.0354. The third kappa shape index (κ3) is 2.40. The van der Waals surface area contributed by atoms with Gasteiger partial charge in [-0.1, -0.05) is 11.6 Å². The molecule has 6 heteroatoms. The van der Waals surface area contributed by atoms with Gasteiger partial charge in [-0.2, -0.15) is 12.6 Å². The highest BCUT2D eigenvalue weighted by Crippen LogP contribution is 2.29. The number of carbonyl (C=O) groups is 2. The first-order valence-electron chi connectivity index (χ1n) is 5.00. The van der Waals surface area contributed by atoms with Gasteiger partial charge in [0.05, 0.1) is 11.3 Å². The topological polar surface area (TPSA) is 57.6 Å². The fraction of sp³-hybridized carbons (Fsp3) is 0.273. The number of benzene rings is 1. The first-order chi connectivity index (χ1) is 7.99. The summed E-state index contributed by atoms with van der Waals surface area (Å²) in [6, 6.07) is 4.47. The van der Waals surface area contributed by atoms with Gasteiger partial charge in [-0.05, 0) is 18.2 Å². The molecule has 0 aliphatic carbocycles. The van der Waals surface area contributed by atoms with Crippen LogP contribution in [0, 0.1) is 0 Å². The molecule has 4 nitrogen and oxygen atoms in total. The molecule has 1 amide bonds. The molecule has 2 rings (SSSR count). The maximum atomic E-state index is 11.7. The van der Waals surface area contributed by atoms with Crippen LogP contribution in [-0.4, -0.2) is 28.8 Å². The number of carbonyl (C=O) groups excluding carboxylic acids is 1. The number of rotatable bonds is 2. The zero-order valence-electron chi connectivity index (χ0n) is 8.76. The van der Waals surface area contributed by atoms with Crippen molar-refractivity contribution in [3.63, 3.8) is 0 Å². The standard InChI is InChI=1S/C11H10ClNO3S/c12-6-1-2-9(8(3-6)11(15)16)13-5-7(17)4-10(13)14/h1-3,7,17H,4-5H2,(H,15,16). The molecule has 1 fully saturated rings. The van der Waals surface area contributed by atoms with Gasteiger partial charge in [0.15, 0.2) is 0 Å². The van der Waals surface area contributed by atoms with Crippen molar-refractivity contribution in [2.24, 2.45) is 0 Å². The fourth-order valence-corrected chi connectivity index (χ4v) is 2.33. The van der Waals surface area contributed by atoms with Crippen LogP contribution in [0.3, 0.4) is 0 Å². The zero-order chi connectivity index (χ0) is 12.6. The Labute approximate surface area is 109 Å². The molecule has 1 unspecified atom stereocenters. The van der Waals surface area contributed by atoms with Crippen molar-refractivity contribution in [3.8, 4) is 0 Å². The number of thiol groups is 1. The predicted octanol–water partition coefficient (Wildman–Crippen LogP) is 2.07. The molecule has 1 aromatic rings. The SMILES string of the molecule is O=C(O)c1cc(Cl)ccc1N1CC(S)CC1=O. The van der Waals surface area contributed by atoms with E-state index >= 15 is 0 Å². The van der Waals surface area contributed by atoms with Gasteiger partial charge in [0.25, 0.3) is 0 Å². The van der Waals surface area contributed by atoms with Crippen LogP contribution in [-0.2, 0) is 4.79 Å². The Morgan fingerprint density at radius 3 is 2.76 bits per heavy atom. The Kier molecular flexibility index (Phi) is 3.31. The second kappa shape index (κ2) is 4.58. The molecule has 90 valence electrons. The summed E-state index contributed by atoms with van der Waals surface area (Å²) in [4.78, 5) is 24.2. The molecule has 0 saturated carbocycles. The molecule has 0 aromatic heterocycles. The van der Waals surface area contributed by atoms with E-state index in [1.807, 2.05) is 0 Å². The number of halogens is 1. The van der Waals surface area contributed by atoms with E-state index in [1.54, 1.807) is 12.1 Å². The lowest BCUT2D eigenvalue weighted by Crippen LogP contribution is -2.26. The molecule has 17 heavy (non-hydrogen) atoms. The van der Waals surface area contributed by atoms with E-state index in [2.05, 4.69) is 12.6 Å². The number of hydrogen-bond acceptors (Lipinski definition) is 3. The van der Waals surface area contributed by atoms with Crippen molar-refractivity contribution >= 4 is 41.8 Å². The quantitative estimate of drug-likeness (QED) is 0.810. The summed E-state index contributed by atoms with van der Waals surface area (Å²) in [6.07, 6.45) is 0.324. The smallest absolute Gasteiger partial charge is 0.337 e. The molecule has 1 aromatic carbocycles. The first-order valence-corrected chi connectivity index (χ1v) is 5.89. The number of carboxylic acid groups (broad SMARTS) is 1. The normalized spacial score (nSPS) is 19.8. The van der Waals surface area contributed by atoms with Crippen LogP contribution >= 0.6 is 24.2 Å². The average Bonchev–Trinajstić information content (AvgIpc) is 2.57. The maximum absolute atomic E-state index is 11.7. The number of aromatic carboxylic acids is 1. The van der Waals surface area contributed by atoms with Crippen LogP contribution in [0.1, 0.15) is 16.8 Å². The molecule has 1 aliphatic rings. The maximum Gasteiger partial charge on any atom is 0.337 e. The number of nitrogens with zero attached hydrogens (tertiary/aromatic N) is 1. The molecule has 0 spiro atoms. The highest BCUT2D eigenvalue weighted by molar-refractivity contribution is 7.81. The Bertz CT molecular complexity index is 492. The van der Waals surface area contributed by atoms with Crippen molar-refractivity contribution in [2.45, 2.75) is 11.7 Å². The number of amides is 1. The van der Waals surface area contributed by atoms with Crippen LogP contribution < -0.4 is 4.90 Å². The number of hydrogen-bond donors (Lipinski definition) is 2. The first kappa shape index (κ1) is 12.3. The van der Waals surface area contributed by atoms with Gasteiger partial charge in [0.1, 0.15) is 0 Å². The molecule has 1 aliphatic heterocycles. The van der Waals surface area contributed by atoms with E-state index in [0.717, 1.165) is 0 Å². The fourth-order valence-electron chi connectivity index (χ4n) is 1.84. The van der Waals surface area contributed by atoms with Gasteiger partial charge >= 0.3 is 5.97 Å². The highest BCUT2D eigenvalue weighted by Gasteiger charge is 2.30. The lowest BCUT2D eigenvalue weighted by molar-refractivity contribution is -0.117. The second-order valence-electron chi connectivity index (χ2n) is 3.83. The second-order valence-corrected chi connectivity index (χ2v) is 5.00. The monoisotopic (exact) mass is 271 g/mol. The summed E-state index contributed by atoms with van der Waals surface area (Å²) in [7, 11) is 0. The van der Waals surface area contributed by atoms with Crippen molar-refractivity contribution < 1.29 is 14.7 Å². The molecule has 1 heterocycles. The number of anilines is 1.